The summed E-state index contributed by atoms with van der Waals surface area (Å²) in [4.78, 5) is 15.9. The van der Waals surface area contributed by atoms with Crippen molar-refractivity contribution in [3.05, 3.63) is 59.6 Å². The summed E-state index contributed by atoms with van der Waals surface area (Å²) >= 11 is 3.46. The number of hydrogen-bond acceptors (Lipinski definition) is 3. The van der Waals surface area contributed by atoms with Gasteiger partial charge in [-0.2, -0.15) is 0 Å². The second kappa shape index (κ2) is 8.67. The second-order valence-corrected chi connectivity index (χ2v) is 6.72. The Morgan fingerprint density at radius 2 is 2.00 bits per heavy atom. The quantitative estimate of drug-likeness (QED) is 0.584. The van der Waals surface area contributed by atoms with Crippen molar-refractivity contribution in [2.24, 2.45) is 0 Å². The summed E-state index contributed by atoms with van der Waals surface area (Å²) in [5.74, 6) is 0.601. The first-order valence-corrected chi connectivity index (χ1v) is 9.04. The predicted molar refractivity (Wildman–Crippen MR) is 102 cm³/mol. The fourth-order valence-corrected chi connectivity index (χ4v) is 2.93. The fourth-order valence-electron chi connectivity index (χ4n) is 2.55. The van der Waals surface area contributed by atoms with Crippen LogP contribution in [0.1, 0.15) is 12.8 Å². The van der Waals surface area contributed by atoms with Crippen molar-refractivity contribution < 1.29 is 9.53 Å². The maximum absolute atomic E-state index is 11.9. The minimum Gasteiger partial charge on any atom is -0.484 e. The molecule has 1 amide bonds. The van der Waals surface area contributed by atoms with Crippen molar-refractivity contribution in [1.82, 2.24) is 14.9 Å². The average molecular weight is 402 g/mol. The maximum atomic E-state index is 11.9. The molecule has 0 spiro atoms. The number of hydrogen-bond donors (Lipinski definition) is 1. The standard InChI is InChI=1S/C19H20BrN3O2/c20-17-5-3-16-12-18(6-4-15(16)11-17)25-13-19(24)22-7-1-2-9-23-10-8-21-14-23/h3-6,8,10-12,14H,1-2,7,9,13H2,(H,22,24). The molecular formula is C19H20BrN3O2. The van der Waals surface area contributed by atoms with Crippen LogP contribution in [0.5, 0.6) is 5.75 Å². The highest BCUT2D eigenvalue weighted by Crippen LogP contribution is 2.24. The van der Waals surface area contributed by atoms with Gasteiger partial charge < -0.3 is 14.6 Å². The lowest BCUT2D eigenvalue weighted by atomic mass is 10.1. The lowest BCUT2D eigenvalue weighted by Crippen LogP contribution is -2.29. The van der Waals surface area contributed by atoms with Gasteiger partial charge in [0, 0.05) is 30.0 Å². The molecule has 0 fully saturated rings. The Hall–Kier alpha value is -2.34. The Labute approximate surface area is 155 Å². The summed E-state index contributed by atoms with van der Waals surface area (Å²) < 4.78 is 8.66. The van der Waals surface area contributed by atoms with Crippen LogP contribution < -0.4 is 10.1 Å². The summed E-state index contributed by atoms with van der Waals surface area (Å²) in [5, 5.41) is 5.10. The zero-order valence-electron chi connectivity index (χ0n) is 13.8. The largest absolute Gasteiger partial charge is 0.484 e. The van der Waals surface area contributed by atoms with Crippen LogP contribution in [-0.4, -0.2) is 28.6 Å². The second-order valence-electron chi connectivity index (χ2n) is 5.80. The first-order chi connectivity index (χ1) is 12.2. The Morgan fingerprint density at radius 3 is 2.84 bits per heavy atom. The van der Waals surface area contributed by atoms with E-state index in [4.69, 9.17) is 4.74 Å². The molecule has 2 aromatic carbocycles. The van der Waals surface area contributed by atoms with E-state index in [1.807, 2.05) is 41.1 Å². The van der Waals surface area contributed by atoms with Crippen LogP contribution in [0.25, 0.3) is 10.8 Å². The molecule has 0 saturated heterocycles. The van der Waals surface area contributed by atoms with E-state index < -0.39 is 0 Å². The molecule has 1 aromatic heterocycles. The van der Waals surface area contributed by atoms with E-state index in [0.29, 0.717) is 12.3 Å². The van der Waals surface area contributed by atoms with Gasteiger partial charge in [0.15, 0.2) is 6.61 Å². The molecule has 5 nitrogen and oxygen atoms in total. The van der Waals surface area contributed by atoms with E-state index in [0.717, 1.165) is 34.6 Å². The van der Waals surface area contributed by atoms with Crippen molar-refractivity contribution in [3.63, 3.8) is 0 Å². The molecule has 0 aliphatic rings. The van der Waals surface area contributed by atoms with Gasteiger partial charge >= 0.3 is 0 Å². The molecule has 3 rings (SSSR count). The van der Waals surface area contributed by atoms with Crippen molar-refractivity contribution in [2.45, 2.75) is 19.4 Å². The molecular weight excluding hydrogens is 382 g/mol. The van der Waals surface area contributed by atoms with E-state index in [2.05, 4.69) is 32.3 Å². The number of nitrogens with zero attached hydrogens (tertiary/aromatic N) is 2. The van der Waals surface area contributed by atoms with Gasteiger partial charge in [0.25, 0.3) is 5.91 Å². The number of unbranched alkanes of at least 4 members (excludes halogenated alkanes) is 1. The molecule has 0 radical (unpaired) electrons. The molecule has 0 unspecified atom stereocenters. The number of rotatable bonds is 8. The van der Waals surface area contributed by atoms with Crippen LogP contribution in [0.2, 0.25) is 0 Å². The highest BCUT2D eigenvalue weighted by atomic mass is 79.9. The smallest absolute Gasteiger partial charge is 0.257 e. The van der Waals surface area contributed by atoms with Crippen molar-refractivity contribution in [3.8, 4) is 5.75 Å². The number of nitrogens with one attached hydrogen (secondary N) is 1. The van der Waals surface area contributed by atoms with Crippen LogP contribution in [0, 0.1) is 0 Å². The molecule has 130 valence electrons. The van der Waals surface area contributed by atoms with Crippen LogP contribution in [0.15, 0.2) is 59.6 Å². The number of aryl methyl sites for hydroxylation is 1. The Bertz CT molecular complexity index is 834. The lowest BCUT2D eigenvalue weighted by Gasteiger charge is -2.09. The molecule has 1 N–H and O–H groups in total. The Morgan fingerprint density at radius 1 is 1.16 bits per heavy atom. The normalized spacial score (nSPS) is 10.8. The van der Waals surface area contributed by atoms with Gasteiger partial charge in [0.05, 0.1) is 6.33 Å². The van der Waals surface area contributed by atoms with Crippen LogP contribution in [-0.2, 0) is 11.3 Å². The molecule has 0 aliphatic heterocycles. The van der Waals surface area contributed by atoms with E-state index in [9.17, 15) is 4.79 Å². The number of benzene rings is 2. The lowest BCUT2D eigenvalue weighted by molar-refractivity contribution is -0.123. The zero-order valence-corrected chi connectivity index (χ0v) is 15.4. The number of fused-ring (bicyclic) bond motifs is 1. The number of imidazole rings is 1. The first kappa shape index (κ1) is 17.5. The molecule has 0 atom stereocenters. The van der Waals surface area contributed by atoms with E-state index in [-0.39, 0.29) is 12.5 Å². The minimum atomic E-state index is -0.0986. The predicted octanol–water partition coefficient (Wildman–Crippen LogP) is 3.77. The van der Waals surface area contributed by atoms with E-state index in [1.54, 1.807) is 12.5 Å². The third kappa shape index (κ3) is 5.32. The van der Waals surface area contributed by atoms with Gasteiger partial charge in [0.1, 0.15) is 5.75 Å². The third-order valence-corrected chi connectivity index (χ3v) is 4.36. The molecule has 3 aromatic rings. The Balaban J connectivity index is 1.37. The first-order valence-electron chi connectivity index (χ1n) is 8.25. The van der Waals surface area contributed by atoms with E-state index in [1.165, 1.54) is 0 Å². The van der Waals surface area contributed by atoms with E-state index >= 15 is 0 Å². The summed E-state index contributed by atoms with van der Waals surface area (Å²) in [6.07, 6.45) is 7.43. The molecule has 25 heavy (non-hydrogen) atoms. The highest BCUT2D eigenvalue weighted by molar-refractivity contribution is 9.10. The van der Waals surface area contributed by atoms with Crippen LogP contribution >= 0.6 is 15.9 Å². The highest BCUT2D eigenvalue weighted by Gasteiger charge is 2.03. The SMILES string of the molecule is O=C(COc1ccc2cc(Br)ccc2c1)NCCCCn1ccnc1. The van der Waals surface area contributed by atoms with Crippen LogP contribution in [0.4, 0.5) is 0 Å². The van der Waals surface area contributed by atoms with Crippen molar-refractivity contribution in [1.29, 1.82) is 0 Å². The minimum absolute atomic E-state index is 0.0313. The van der Waals surface area contributed by atoms with Crippen molar-refractivity contribution >= 4 is 32.6 Å². The molecule has 6 heteroatoms. The number of halogens is 1. The molecule has 1 heterocycles. The maximum Gasteiger partial charge on any atom is 0.257 e. The number of aromatic nitrogens is 2. The van der Waals surface area contributed by atoms with Crippen LogP contribution in [0.3, 0.4) is 0 Å². The number of carbonyl (C=O) groups is 1. The van der Waals surface area contributed by atoms with Gasteiger partial charge in [-0.15, -0.1) is 0 Å². The molecule has 0 saturated carbocycles. The summed E-state index contributed by atoms with van der Waals surface area (Å²) in [5.41, 5.74) is 0. The summed E-state index contributed by atoms with van der Waals surface area (Å²) in [6.45, 7) is 1.60. The van der Waals surface area contributed by atoms with Gasteiger partial charge in [-0.05, 0) is 47.9 Å². The topological polar surface area (TPSA) is 56.1 Å². The fraction of sp³-hybridized carbons (Fsp3) is 0.263. The molecule has 0 aliphatic carbocycles. The van der Waals surface area contributed by atoms with Gasteiger partial charge in [0.2, 0.25) is 0 Å². The number of amides is 1. The average Bonchev–Trinajstić information content (AvgIpc) is 3.13. The van der Waals surface area contributed by atoms with Gasteiger partial charge in [-0.1, -0.05) is 28.1 Å². The number of ether oxygens (including phenoxy) is 1. The van der Waals surface area contributed by atoms with Gasteiger partial charge in [-0.3, -0.25) is 4.79 Å². The van der Waals surface area contributed by atoms with Crippen molar-refractivity contribution in [2.75, 3.05) is 13.2 Å². The summed E-state index contributed by atoms with van der Waals surface area (Å²) in [6, 6.07) is 11.9. The Kier molecular flexibility index (Phi) is 6.06. The third-order valence-electron chi connectivity index (χ3n) is 3.87. The monoisotopic (exact) mass is 401 g/mol. The van der Waals surface area contributed by atoms with Gasteiger partial charge in [-0.25, -0.2) is 4.98 Å². The zero-order chi connectivity index (χ0) is 17.5. The molecule has 0 bridgehead atoms. The summed E-state index contributed by atoms with van der Waals surface area (Å²) in [7, 11) is 0. The number of carbonyl (C=O) groups excluding carboxylic acids is 1.